The van der Waals surface area contributed by atoms with Crippen molar-refractivity contribution in [3.05, 3.63) is 29.8 Å². The lowest BCUT2D eigenvalue weighted by molar-refractivity contribution is 0.0981. The summed E-state index contributed by atoms with van der Waals surface area (Å²) in [6.45, 7) is 1.38. The number of hydrogen-bond acceptors (Lipinski definition) is 3. The van der Waals surface area contributed by atoms with Crippen molar-refractivity contribution in [2.75, 3.05) is 0 Å². The molecule has 0 radical (unpaired) electrons. The monoisotopic (exact) mass is 179 g/mol. The Morgan fingerprint density at radius 2 is 2.31 bits per heavy atom. The van der Waals surface area contributed by atoms with Crippen molar-refractivity contribution in [1.82, 2.24) is 5.16 Å². The Balaban J connectivity index is 2.76. The van der Waals surface area contributed by atoms with Crippen molar-refractivity contribution in [2.24, 2.45) is 0 Å². The molecule has 3 nitrogen and oxygen atoms in total. The smallest absolute Gasteiger partial charge is 0.209 e. The van der Waals surface area contributed by atoms with Crippen LogP contribution in [-0.4, -0.2) is 10.9 Å². The minimum atomic E-state index is -0.393. The van der Waals surface area contributed by atoms with Crippen molar-refractivity contribution >= 4 is 16.7 Å². The average molecular weight is 179 g/mol. The molecule has 4 heteroatoms. The maximum Gasteiger partial charge on any atom is 0.209 e. The second-order valence-electron chi connectivity index (χ2n) is 2.73. The summed E-state index contributed by atoms with van der Waals surface area (Å²) in [4.78, 5) is 11.0. The summed E-state index contributed by atoms with van der Waals surface area (Å²) < 4.78 is 17.4. The fourth-order valence-electron chi connectivity index (χ4n) is 1.17. The maximum atomic E-state index is 12.7. The molecule has 2 aromatic rings. The van der Waals surface area contributed by atoms with Gasteiger partial charge in [-0.15, -0.1) is 0 Å². The van der Waals surface area contributed by atoms with E-state index < -0.39 is 5.82 Å². The predicted octanol–water partition coefficient (Wildman–Crippen LogP) is 2.17. The average Bonchev–Trinajstić information content (AvgIpc) is 2.46. The molecule has 0 saturated carbocycles. The quantitative estimate of drug-likeness (QED) is 0.630. The van der Waals surface area contributed by atoms with Crippen molar-refractivity contribution in [1.29, 1.82) is 0 Å². The van der Waals surface area contributed by atoms with Crippen LogP contribution in [0.5, 0.6) is 0 Å². The van der Waals surface area contributed by atoms with Crippen LogP contribution < -0.4 is 0 Å². The van der Waals surface area contributed by atoms with E-state index in [1.54, 1.807) is 0 Å². The topological polar surface area (TPSA) is 43.1 Å². The number of rotatable bonds is 1. The van der Waals surface area contributed by atoms with Crippen LogP contribution in [0.2, 0.25) is 0 Å². The highest BCUT2D eigenvalue weighted by molar-refractivity contribution is 6.03. The van der Waals surface area contributed by atoms with Crippen LogP contribution in [0.25, 0.3) is 10.9 Å². The van der Waals surface area contributed by atoms with E-state index in [1.165, 1.54) is 25.1 Å². The third-order valence-corrected chi connectivity index (χ3v) is 1.76. The summed E-state index contributed by atoms with van der Waals surface area (Å²) >= 11 is 0. The third kappa shape index (κ3) is 1.20. The number of aromatic nitrogens is 1. The minimum absolute atomic E-state index is 0.176. The number of ketones is 1. The van der Waals surface area contributed by atoms with Gasteiger partial charge in [0.1, 0.15) is 11.3 Å². The predicted molar refractivity (Wildman–Crippen MR) is 44.0 cm³/mol. The van der Waals surface area contributed by atoms with E-state index in [0.29, 0.717) is 10.9 Å². The minimum Gasteiger partial charge on any atom is -0.352 e. The number of carbonyl (C=O) groups is 1. The zero-order valence-electron chi connectivity index (χ0n) is 6.87. The van der Waals surface area contributed by atoms with Crippen LogP contribution >= 0.6 is 0 Å². The molecular formula is C9H6FNO2. The summed E-state index contributed by atoms with van der Waals surface area (Å²) in [7, 11) is 0. The molecule has 66 valence electrons. The van der Waals surface area contributed by atoms with Gasteiger partial charge in [0, 0.05) is 13.0 Å². The first-order chi connectivity index (χ1) is 6.18. The van der Waals surface area contributed by atoms with Crippen LogP contribution in [0.4, 0.5) is 4.39 Å². The largest absolute Gasteiger partial charge is 0.352 e. The van der Waals surface area contributed by atoms with E-state index in [9.17, 15) is 9.18 Å². The van der Waals surface area contributed by atoms with Gasteiger partial charge < -0.3 is 4.52 Å². The van der Waals surface area contributed by atoms with Gasteiger partial charge in [-0.25, -0.2) is 4.39 Å². The summed E-state index contributed by atoms with van der Waals surface area (Å²) in [6.07, 6.45) is 0. The number of fused-ring (bicyclic) bond motifs is 1. The summed E-state index contributed by atoms with van der Waals surface area (Å²) in [6, 6.07) is 3.98. The van der Waals surface area contributed by atoms with E-state index in [0.717, 1.165) is 0 Å². The number of hydrogen-bond donors (Lipinski definition) is 0. The van der Waals surface area contributed by atoms with Crippen LogP contribution in [0.3, 0.4) is 0 Å². The van der Waals surface area contributed by atoms with Crippen LogP contribution in [0, 0.1) is 5.82 Å². The van der Waals surface area contributed by atoms with Gasteiger partial charge in [-0.05, 0) is 12.1 Å². The van der Waals surface area contributed by atoms with Gasteiger partial charge in [-0.2, -0.15) is 0 Å². The molecule has 0 atom stereocenters. The molecule has 1 aromatic heterocycles. The highest BCUT2D eigenvalue weighted by Crippen LogP contribution is 2.19. The SMILES string of the molecule is CC(=O)c1onc2cc(F)ccc12. The van der Waals surface area contributed by atoms with Gasteiger partial charge in [-0.3, -0.25) is 4.79 Å². The molecular weight excluding hydrogens is 173 g/mol. The molecule has 0 saturated heterocycles. The normalized spacial score (nSPS) is 10.6. The molecule has 0 aliphatic carbocycles. The Bertz CT molecular complexity index is 475. The van der Waals surface area contributed by atoms with E-state index in [1.807, 2.05) is 0 Å². The molecule has 0 amide bonds. The lowest BCUT2D eigenvalue weighted by Gasteiger charge is -1.88. The Labute approximate surface area is 73.1 Å². The van der Waals surface area contributed by atoms with Gasteiger partial charge >= 0.3 is 0 Å². The fraction of sp³-hybridized carbons (Fsp3) is 0.111. The second-order valence-corrected chi connectivity index (χ2v) is 2.73. The second kappa shape index (κ2) is 2.65. The van der Waals surface area contributed by atoms with Crippen LogP contribution in [-0.2, 0) is 0 Å². The van der Waals surface area contributed by atoms with Crippen molar-refractivity contribution in [2.45, 2.75) is 6.92 Å². The lowest BCUT2D eigenvalue weighted by Crippen LogP contribution is -1.88. The van der Waals surface area contributed by atoms with E-state index in [2.05, 4.69) is 5.16 Å². The van der Waals surface area contributed by atoms with Crippen LogP contribution in [0.15, 0.2) is 22.7 Å². The summed E-state index contributed by atoms with van der Waals surface area (Å²) in [5.74, 6) is -0.431. The summed E-state index contributed by atoms with van der Waals surface area (Å²) in [5, 5.41) is 4.11. The molecule has 0 unspecified atom stereocenters. The molecule has 13 heavy (non-hydrogen) atoms. The molecule has 0 bridgehead atoms. The van der Waals surface area contributed by atoms with E-state index in [4.69, 9.17) is 4.52 Å². The number of halogens is 1. The number of benzene rings is 1. The van der Waals surface area contributed by atoms with Crippen molar-refractivity contribution in [3.63, 3.8) is 0 Å². The molecule has 0 spiro atoms. The molecule has 1 aromatic carbocycles. The zero-order chi connectivity index (χ0) is 9.42. The summed E-state index contributed by atoms with van der Waals surface area (Å²) in [5.41, 5.74) is 0.366. The highest BCUT2D eigenvalue weighted by atomic mass is 19.1. The van der Waals surface area contributed by atoms with Crippen molar-refractivity contribution in [3.8, 4) is 0 Å². The number of carbonyl (C=O) groups excluding carboxylic acids is 1. The van der Waals surface area contributed by atoms with Crippen molar-refractivity contribution < 1.29 is 13.7 Å². The zero-order valence-corrected chi connectivity index (χ0v) is 6.87. The maximum absolute atomic E-state index is 12.7. The lowest BCUT2D eigenvalue weighted by atomic mass is 10.2. The van der Waals surface area contributed by atoms with Gasteiger partial charge in [0.25, 0.3) is 0 Å². The highest BCUT2D eigenvalue weighted by Gasteiger charge is 2.12. The Morgan fingerprint density at radius 1 is 1.54 bits per heavy atom. The number of nitrogens with zero attached hydrogens (tertiary/aromatic N) is 1. The van der Waals surface area contributed by atoms with Gasteiger partial charge in [-0.1, -0.05) is 5.16 Å². The first-order valence-corrected chi connectivity index (χ1v) is 3.74. The van der Waals surface area contributed by atoms with Gasteiger partial charge in [0.15, 0.2) is 5.78 Å². The van der Waals surface area contributed by atoms with E-state index >= 15 is 0 Å². The van der Waals surface area contributed by atoms with Gasteiger partial charge in [0.2, 0.25) is 5.76 Å². The molecule has 2 rings (SSSR count). The molecule has 0 fully saturated rings. The first-order valence-electron chi connectivity index (χ1n) is 3.74. The third-order valence-electron chi connectivity index (χ3n) is 1.76. The van der Waals surface area contributed by atoms with Gasteiger partial charge in [0.05, 0.1) is 5.39 Å². The standard InChI is InChI=1S/C9H6FNO2/c1-5(12)9-7-3-2-6(10)4-8(7)11-13-9/h2-4H,1H3. The Hall–Kier alpha value is -1.71. The number of Topliss-reactive ketones (excluding diaryl/α,β-unsaturated/α-hetero) is 1. The Kier molecular flexibility index (Phi) is 1.62. The molecule has 0 aliphatic heterocycles. The first kappa shape index (κ1) is 7.91. The molecule has 1 heterocycles. The van der Waals surface area contributed by atoms with Crippen LogP contribution in [0.1, 0.15) is 17.5 Å². The Morgan fingerprint density at radius 3 is 3.00 bits per heavy atom. The molecule has 0 aliphatic rings. The van der Waals surface area contributed by atoms with E-state index in [-0.39, 0.29) is 11.5 Å². The fourth-order valence-corrected chi connectivity index (χ4v) is 1.17. The molecule has 0 N–H and O–H groups in total.